The van der Waals surface area contributed by atoms with E-state index < -0.39 is 18.0 Å². The Hall–Kier alpha value is -0.250. The second kappa shape index (κ2) is 3.43. The van der Waals surface area contributed by atoms with Crippen LogP contribution in [-0.4, -0.2) is 17.9 Å². The maximum absolute atomic E-state index is 11.6. The fourth-order valence-electron chi connectivity index (χ4n) is 0.559. The van der Waals surface area contributed by atoms with E-state index in [1.165, 1.54) is 0 Å². The molecule has 0 saturated heterocycles. The average molecular weight is 170 g/mol. The Bertz CT molecular complexity index is 117. The van der Waals surface area contributed by atoms with Crippen LogP contribution in [0, 0.1) is 5.41 Å². The van der Waals surface area contributed by atoms with Gasteiger partial charge in [0.15, 0.2) is 0 Å². The van der Waals surface area contributed by atoms with Crippen LogP contribution >= 0.6 is 0 Å². The molecule has 0 amide bonds. The van der Waals surface area contributed by atoms with Gasteiger partial charge in [0, 0.05) is 13.0 Å². The number of rotatable bonds is 3. The molecule has 11 heavy (non-hydrogen) atoms. The van der Waals surface area contributed by atoms with Gasteiger partial charge in [0.05, 0.1) is 0 Å². The van der Waals surface area contributed by atoms with Gasteiger partial charge in [0.1, 0.15) is 0 Å². The standard InChI is InChI=1S/C7H13F3O/c1-6(2,5-11)3-4-7(8,9)10/h11H,3-5H2,1-2H3. The first kappa shape index (κ1) is 10.8. The van der Waals surface area contributed by atoms with Gasteiger partial charge in [-0.3, -0.25) is 0 Å². The molecular formula is C7H13F3O. The predicted molar refractivity (Wildman–Crippen MR) is 36.2 cm³/mol. The number of aliphatic hydroxyl groups is 1. The molecule has 0 atom stereocenters. The first-order chi connectivity index (χ1) is 4.77. The first-order valence-corrected chi connectivity index (χ1v) is 3.44. The van der Waals surface area contributed by atoms with E-state index >= 15 is 0 Å². The van der Waals surface area contributed by atoms with Crippen molar-refractivity contribution in [1.82, 2.24) is 0 Å². The van der Waals surface area contributed by atoms with E-state index in [9.17, 15) is 13.2 Å². The van der Waals surface area contributed by atoms with Crippen molar-refractivity contribution in [2.45, 2.75) is 32.9 Å². The minimum absolute atomic E-state index is 0.0208. The van der Waals surface area contributed by atoms with Gasteiger partial charge < -0.3 is 5.11 Å². The average Bonchev–Trinajstić information content (AvgIpc) is 1.83. The molecular weight excluding hydrogens is 157 g/mol. The summed E-state index contributed by atoms with van der Waals surface area (Å²) in [6, 6.07) is 0. The molecule has 4 heteroatoms. The lowest BCUT2D eigenvalue weighted by Gasteiger charge is -2.21. The zero-order valence-corrected chi connectivity index (χ0v) is 6.70. The first-order valence-electron chi connectivity index (χ1n) is 3.44. The molecule has 1 nitrogen and oxygen atoms in total. The number of aliphatic hydroxyl groups excluding tert-OH is 1. The van der Waals surface area contributed by atoms with Crippen LogP contribution in [0.1, 0.15) is 26.7 Å². The summed E-state index contributed by atoms with van der Waals surface area (Å²) in [7, 11) is 0. The summed E-state index contributed by atoms with van der Waals surface area (Å²) in [5.41, 5.74) is -0.616. The van der Waals surface area contributed by atoms with Crippen LogP contribution in [0.15, 0.2) is 0 Å². The summed E-state index contributed by atoms with van der Waals surface area (Å²) >= 11 is 0. The molecule has 0 aliphatic heterocycles. The molecule has 0 aromatic heterocycles. The highest BCUT2D eigenvalue weighted by molar-refractivity contribution is 4.68. The van der Waals surface area contributed by atoms with E-state index in [-0.39, 0.29) is 13.0 Å². The zero-order valence-electron chi connectivity index (χ0n) is 6.70. The number of alkyl halides is 3. The van der Waals surface area contributed by atoms with Crippen molar-refractivity contribution in [2.75, 3.05) is 6.61 Å². The van der Waals surface area contributed by atoms with Gasteiger partial charge in [-0.15, -0.1) is 0 Å². The Kier molecular flexibility index (Phi) is 3.35. The molecule has 0 unspecified atom stereocenters. The van der Waals surface area contributed by atoms with Gasteiger partial charge in [-0.2, -0.15) is 13.2 Å². The second-order valence-corrected chi connectivity index (χ2v) is 3.44. The van der Waals surface area contributed by atoms with E-state index in [1.54, 1.807) is 13.8 Å². The minimum atomic E-state index is -4.10. The summed E-state index contributed by atoms with van der Waals surface area (Å²) < 4.78 is 34.9. The third kappa shape index (κ3) is 6.16. The quantitative estimate of drug-likeness (QED) is 0.689. The highest BCUT2D eigenvalue weighted by atomic mass is 19.4. The molecule has 1 N–H and O–H groups in total. The van der Waals surface area contributed by atoms with Crippen molar-refractivity contribution in [3.8, 4) is 0 Å². The van der Waals surface area contributed by atoms with E-state index in [0.29, 0.717) is 0 Å². The molecule has 0 aromatic carbocycles. The fourth-order valence-corrected chi connectivity index (χ4v) is 0.559. The maximum Gasteiger partial charge on any atom is 0.389 e. The highest BCUT2D eigenvalue weighted by Crippen LogP contribution is 2.29. The van der Waals surface area contributed by atoms with Gasteiger partial charge in [0.2, 0.25) is 0 Å². The second-order valence-electron chi connectivity index (χ2n) is 3.44. The summed E-state index contributed by atoms with van der Waals surface area (Å²) in [6.45, 7) is 3.01. The Labute approximate surface area is 64.2 Å². The van der Waals surface area contributed by atoms with Gasteiger partial charge in [0.25, 0.3) is 0 Å². The molecule has 0 fully saturated rings. The molecule has 0 radical (unpaired) electrons. The maximum atomic E-state index is 11.6. The lowest BCUT2D eigenvalue weighted by atomic mass is 9.89. The summed E-state index contributed by atoms with van der Waals surface area (Å²) in [5, 5.41) is 8.62. The largest absolute Gasteiger partial charge is 0.396 e. The zero-order chi connectivity index (χ0) is 9.12. The van der Waals surface area contributed by atoms with Crippen molar-refractivity contribution in [2.24, 2.45) is 5.41 Å². The third-order valence-corrected chi connectivity index (χ3v) is 1.51. The van der Waals surface area contributed by atoms with Crippen molar-refractivity contribution in [1.29, 1.82) is 0 Å². The Morgan fingerprint density at radius 1 is 1.09 bits per heavy atom. The van der Waals surface area contributed by atoms with Crippen LogP contribution in [0.5, 0.6) is 0 Å². The molecule has 0 heterocycles. The number of hydrogen-bond acceptors (Lipinski definition) is 1. The summed E-state index contributed by atoms with van der Waals surface area (Å²) in [4.78, 5) is 0. The Morgan fingerprint density at radius 3 is 1.82 bits per heavy atom. The third-order valence-electron chi connectivity index (χ3n) is 1.51. The molecule has 0 rings (SSSR count). The van der Waals surface area contributed by atoms with Crippen molar-refractivity contribution < 1.29 is 18.3 Å². The lowest BCUT2D eigenvalue weighted by molar-refractivity contribution is -0.141. The predicted octanol–water partition coefficient (Wildman–Crippen LogP) is 2.35. The Morgan fingerprint density at radius 2 is 1.55 bits per heavy atom. The van der Waals surface area contributed by atoms with Gasteiger partial charge in [-0.05, 0) is 11.8 Å². The summed E-state index contributed by atoms with van der Waals surface area (Å²) in [5.74, 6) is 0. The lowest BCUT2D eigenvalue weighted by Crippen LogP contribution is -2.20. The molecule has 0 aromatic rings. The van der Waals surface area contributed by atoms with Crippen molar-refractivity contribution in [3.05, 3.63) is 0 Å². The van der Waals surface area contributed by atoms with Crippen LogP contribution in [-0.2, 0) is 0 Å². The SMILES string of the molecule is CC(C)(CO)CCC(F)(F)F. The monoisotopic (exact) mass is 170 g/mol. The fraction of sp³-hybridized carbons (Fsp3) is 1.00. The normalized spacial score (nSPS) is 13.6. The van der Waals surface area contributed by atoms with Crippen LogP contribution in [0.4, 0.5) is 13.2 Å². The molecule has 0 bridgehead atoms. The minimum Gasteiger partial charge on any atom is -0.396 e. The molecule has 0 aliphatic rings. The van der Waals surface area contributed by atoms with Crippen molar-refractivity contribution >= 4 is 0 Å². The van der Waals surface area contributed by atoms with Crippen molar-refractivity contribution in [3.63, 3.8) is 0 Å². The van der Waals surface area contributed by atoms with E-state index in [2.05, 4.69) is 0 Å². The molecule has 0 aliphatic carbocycles. The van der Waals surface area contributed by atoms with E-state index in [0.717, 1.165) is 0 Å². The number of halogens is 3. The van der Waals surface area contributed by atoms with Gasteiger partial charge >= 0.3 is 6.18 Å². The highest BCUT2D eigenvalue weighted by Gasteiger charge is 2.30. The van der Waals surface area contributed by atoms with Gasteiger partial charge in [-0.25, -0.2) is 0 Å². The van der Waals surface area contributed by atoms with Gasteiger partial charge in [-0.1, -0.05) is 13.8 Å². The van der Waals surface area contributed by atoms with Crippen LogP contribution in [0.2, 0.25) is 0 Å². The topological polar surface area (TPSA) is 20.2 Å². The van der Waals surface area contributed by atoms with Crippen LogP contribution in [0.25, 0.3) is 0 Å². The van der Waals surface area contributed by atoms with E-state index in [4.69, 9.17) is 5.11 Å². The van der Waals surface area contributed by atoms with Crippen LogP contribution in [0.3, 0.4) is 0 Å². The van der Waals surface area contributed by atoms with E-state index in [1.807, 2.05) is 0 Å². The Balaban J connectivity index is 3.70. The molecule has 0 spiro atoms. The smallest absolute Gasteiger partial charge is 0.389 e. The molecule has 0 saturated carbocycles. The summed E-state index contributed by atoms with van der Waals surface area (Å²) in [6.07, 6.45) is -4.94. The number of hydrogen-bond donors (Lipinski definition) is 1. The van der Waals surface area contributed by atoms with Crippen LogP contribution < -0.4 is 0 Å². The molecule has 68 valence electrons.